The van der Waals surface area contributed by atoms with E-state index in [-0.39, 0.29) is 0 Å². The molecule has 21 heavy (non-hydrogen) atoms. The molecule has 1 aliphatic heterocycles. The maximum atomic E-state index is 8.70. The molecule has 110 valence electrons. The van der Waals surface area contributed by atoms with E-state index >= 15 is 0 Å². The highest BCUT2D eigenvalue weighted by Gasteiger charge is 2.16. The molecular formula is C19H24N2. The van der Waals surface area contributed by atoms with Crippen molar-refractivity contribution in [2.75, 3.05) is 0 Å². The number of hydrogen-bond donors (Lipinski definition) is 1. The number of aryl methyl sites for hydroxylation is 2. The lowest BCUT2D eigenvalue weighted by Crippen LogP contribution is -2.29. The second-order valence-corrected chi connectivity index (χ2v) is 5.96. The first-order chi connectivity index (χ1) is 10.3. The minimum absolute atomic E-state index is 0.713. The van der Waals surface area contributed by atoms with Gasteiger partial charge in [0.1, 0.15) is 5.49 Å². The summed E-state index contributed by atoms with van der Waals surface area (Å²) in [6.45, 7) is 3.24. The maximum Gasteiger partial charge on any atom is 0.133 e. The highest BCUT2D eigenvalue weighted by molar-refractivity contribution is 5.66. The highest BCUT2D eigenvalue weighted by Crippen LogP contribution is 2.25. The van der Waals surface area contributed by atoms with Crippen LogP contribution < -0.4 is 5.49 Å². The number of hydrogen-bond acceptors (Lipinski definition) is 1. The van der Waals surface area contributed by atoms with Crippen molar-refractivity contribution in [2.45, 2.75) is 52.0 Å². The molecule has 2 heteroatoms. The van der Waals surface area contributed by atoms with Gasteiger partial charge in [0.15, 0.2) is 0 Å². The van der Waals surface area contributed by atoms with Gasteiger partial charge in [-0.15, -0.1) is 0 Å². The van der Waals surface area contributed by atoms with Gasteiger partial charge in [-0.05, 0) is 49.3 Å². The number of benzene rings is 1. The second kappa shape index (κ2) is 6.30. The number of rotatable bonds is 4. The standard InChI is InChI=1S/C19H24N2/c1-2-3-9-16-14-17-12-7-8-13-21(17)19(20)18(16)15-10-5-4-6-11-15/h4-6,10-11,14,20H,2-3,7-9,12-13H2,1H3. The van der Waals surface area contributed by atoms with Gasteiger partial charge in [-0.3, -0.25) is 5.41 Å². The topological polar surface area (TPSA) is 28.8 Å². The molecule has 0 unspecified atom stereocenters. The van der Waals surface area contributed by atoms with Gasteiger partial charge in [0.05, 0.1) is 0 Å². The van der Waals surface area contributed by atoms with E-state index < -0.39 is 0 Å². The Morgan fingerprint density at radius 3 is 2.71 bits per heavy atom. The zero-order chi connectivity index (χ0) is 14.7. The number of pyridine rings is 1. The van der Waals surface area contributed by atoms with Crippen molar-refractivity contribution in [1.29, 1.82) is 5.41 Å². The molecule has 2 heterocycles. The number of fused-ring (bicyclic) bond motifs is 1. The lowest BCUT2D eigenvalue weighted by molar-refractivity contribution is 0.504. The van der Waals surface area contributed by atoms with Gasteiger partial charge in [0.25, 0.3) is 0 Å². The van der Waals surface area contributed by atoms with Crippen molar-refractivity contribution in [3.63, 3.8) is 0 Å². The Labute approximate surface area is 127 Å². The fourth-order valence-electron chi connectivity index (χ4n) is 3.31. The van der Waals surface area contributed by atoms with E-state index in [1.165, 1.54) is 42.5 Å². The summed E-state index contributed by atoms with van der Waals surface area (Å²) in [4.78, 5) is 0. The maximum absolute atomic E-state index is 8.70. The van der Waals surface area contributed by atoms with Crippen LogP contribution >= 0.6 is 0 Å². The number of nitrogens with zero attached hydrogens (tertiary/aromatic N) is 1. The first-order valence-electron chi connectivity index (χ1n) is 8.17. The zero-order valence-electron chi connectivity index (χ0n) is 12.9. The van der Waals surface area contributed by atoms with Crippen molar-refractivity contribution in [3.8, 4) is 11.1 Å². The van der Waals surface area contributed by atoms with Gasteiger partial charge in [-0.25, -0.2) is 0 Å². The number of nitrogens with one attached hydrogen (secondary N) is 1. The SMILES string of the molecule is CCCCc1cc2n(c(=N)c1-c1ccccc1)CCCC2. The molecule has 0 radical (unpaired) electrons. The van der Waals surface area contributed by atoms with Crippen LogP contribution in [0.3, 0.4) is 0 Å². The van der Waals surface area contributed by atoms with Crippen molar-refractivity contribution in [3.05, 3.63) is 53.1 Å². The molecule has 1 N–H and O–H groups in total. The molecule has 1 aliphatic rings. The molecule has 0 saturated carbocycles. The Bertz CT molecular complexity index is 668. The Hall–Kier alpha value is -1.83. The zero-order valence-corrected chi connectivity index (χ0v) is 12.9. The van der Waals surface area contributed by atoms with Gasteiger partial charge in [-0.2, -0.15) is 0 Å². The summed E-state index contributed by atoms with van der Waals surface area (Å²) in [6, 6.07) is 12.8. The van der Waals surface area contributed by atoms with Crippen LogP contribution in [0.5, 0.6) is 0 Å². The van der Waals surface area contributed by atoms with Crippen LogP contribution in [0.1, 0.15) is 43.9 Å². The van der Waals surface area contributed by atoms with E-state index in [1.807, 2.05) is 6.07 Å². The van der Waals surface area contributed by atoms with Crippen LogP contribution in [0.2, 0.25) is 0 Å². The minimum atomic E-state index is 0.713. The molecule has 0 fully saturated rings. The van der Waals surface area contributed by atoms with Gasteiger partial charge in [0, 0.05) is 17.8 Å². The fourth-order valence-corrected chi connectivity index (χ4v) is 3.31. The fraction of sp³-hybridized carbons (Fsp3) is 0.421. The lowest BCUT2D eigenvalue weighted by Gasteiger charge is -2.23. The van der Waals surface area contributed by atoms with Crippen LogP contribution in [-0.2, 0) is 19.4 Å². The summed E-state index contributed by atoms with van der Waals surface area (Å²) in [5.74, 6) is 0. The average Bonchev–Trinajstić information content (AvgIpc) is 2.54. The van der Waals surface area contributed by atoms with E-state index in [0.29, 0.717) is 5.49 Å². The molecule has 2 aromatic rings. The van der Waals surface area contributed by atoms with E-state index in [4.69, 9.17) is 5.41 Å². The predicted molar refractivity (Wildman–Crippen MR) is 87.3 cm³/mol. The van der Waals surface area contributed by atoms with E-state index in [0.717, 1.165) is 24.9 Å². The van der Waals surface area contributed by atoms with E-state index in [9.17, 15) is 0 Å². The second-order valence-electron chi connectivity index (χ2n) is 5.96. The third-order valence-electron chi connectivity index (χ3n) is 4.44. The quantitative estimate of drug-likeness (QED) is 0.864. The minimum Gasteiger partial charge on any atom is -0.330 e. The van der Waals surface area contributed by atoms with Crippen LogP contribution in [0, 0.1) is 5.41 Å². The Balaban J connectivity index is 2.17. The monoisotopic (exact) mass is 280 g/mol. The molecule has 1 aromatic heterocycles. The summed E-state index contributed by atoms with van der Waals surface area (Å²) < 4.78 is 2.22. The summed E-state index contributed by atoms with van der Waals surface area (Å²) in [7, 11) is 0. The summed E-state index contributed by atoms with van der Waals surface area (Å²) in [5.41, 5.74) is 5.77. The number of unbranched alkanes of at least 4 members (excludes halogenated alkanes) is 1. The summed E-state index contributed by atoms with van der Waals surface area (Å²) >= 11 is 0. The third-order valence-corrected chi connectivity index (χ3v) is 4.44. The number of aromatic nitrogens is 1. The van der Waals surface area contributed by atoms with E-state index in [2.05, 4.69) is 41.8 Å². The van der Waals surface area contributed by atoms with Crippen LogP contribution in [0.15, 0.2) is 36.4 Å². The average molecular weight is 280 g/mol. The molecule has 2 nitrogen and oxygen atoms in total. The summed E-state index contributed by atoms with van der Waals surface area (Å²) in [6.07, 6.45) is 7.07. The Kier molecular flexibility index (Phi) is 4.23. The molecule has 3 rings (SSSR count). The molecule has 0 amide bonds. The lowest BCUT2D eigenvalue weighted by atomic mass is 9.94. The van der Waals surface area contributed by atoms with Gasteiger partial charge in [-0.1, -0.05) is 43.7 Å². The largest absolute Gasteiger partial charge is 0.330 e. The molecule has 0 saturated heterocycles. The molecule has 0 spiro atoms. The molecular weight excluding hydrogens is 256 g/mol. The van der Waals surface area contributed by atoms with Crippen LogP contribution in [-0.4, -0.2) is 4.57 Å². The van der Waals surface area contributed by atoms with Crippen LogP contribution in [0.25, 0.3) is 11.1 Å². The molecule has 0 bridgehead atoms. The van der Waals surface area contributed by atoms with Crippen molar-refractivity contribution >= 4 is 0 Å². The summed E-state index contributed by atoms with van der Waals surface area (Å²) in [5, 5.41) is 8.70. The first-order valence-corrected chi connectivity index (χ1v) is 8.17. The molecule has 1 aromatic carbocycles. The first kappa shape index (κ1) is 14.1. The van der Waals surface area contributed by atoms with Crippen LogP contribution in [0.4, 0.5) is 0 Å². The van der Waals surface area contributed by atoms with Gasteiger partial charge < -0.3 is 4.57 Å². The third kappa shape index (κ3) is 2.80. The smallest absolute Gasteiger partial charge is 0.133 e. The van der Waals surface area contributed by atoms with E-state index in [1.54, 1.807) is 0 Å². The predicted octanol–water partition coefficient (Wildman–Crippen LogP) is 4.31. The van der Waals surface area contributed by atoms with Crippen molar-refractivity contribution in [1.82, 2.24) is 4.57 Å². The Morgan fingerprint density at radius 2 is 1.95 bits per heavy atom. The highest BCUT2D eigenvalue weighted by atomic mass is 15.0. The van der Waals surface area contributed by atoms with Crippen molar-refractivity contribution in [2.24, 2.45) is 0 Å². The van der Waals surface area contributed by atoms with Gasteiger partial charge in [0.2, 0.25) is 0 Å². The Morgan fingerprint density at radius 1 is 1.14 bits per heavy atom. The van der Waals surface area contributed by atoms with Gasteiger partial charge >= 0.3 is 0 Å². The normalized spacial score (nSPS) is 14.0. The molecule has 0 aliphatic carbocycles. The van der Waals surface area contributed by atoms with Crippen molar-refractivity contribution < 1.29 is 0 Å². The molecule has 0 atom stereocenters.